The predicted octanol–water partition coefficient (Wildman–Crippen LogP) is 1.57. The Balaban J connectivity index is 2.55. The average Bonchev–Trinajstić information content (AvgIpc) is 2.15. The smallest absolute Gasteiger partial charge is 0.223 e. The molecule has 0 aromatic carbocycles. The van der Waals surface area contributed by atoms with Crippen molar-refractivity contribution in [1.82, 2.24) is 9.97 Å². The van der Waals surface area contributed by atoms with Crippen LogP contribution in [0.1, 0.15) is 13.8 Å². The van der Waals surface area contributed by atoms with Crippen molar-refractivity contribution in [2.24, 2.45) is 0 Å². The highest BCUT2D eigenvalue weighted by molar-refractivity contribution is 6.29. The SMILES string of the molecule is CC(C)OCCN(C)c1cc(Cl)nc(N)n1. The Kier molecular flexibility index (Phi) is 4.76. The van der Waals surface area contributed by atoms with E-state index in [2.05, 4.69) is 9.97 Å². The number of nitrogens with zero attached hydrogens (tertiary/aromatic N) is 3. The van der Waals surface area contributed by atoms with E-state index in [1.165, 1.54) is 0 Å². The van der Waals surface area contributed by atoms with Gasteiger partial charge in [-0.25, -0.2) is 4.98 Å². The summed E-state index contributed by atoms with van der Waals surface area (Å²) in [5.74, 6) is 0.879. The van der Waals surface area contributed by atoms with Crippen LogP contribution in [0.4, 0.5) is 11.8 Å². The third-order valence-corrected chi connectivity index (χ3v) is 2.16. The minimum atomic E-state index is 0.180. The minimum Gasteiger partial charge on any atom is -0.377 e. The molecule has 5 nitrogen and oxygen atoms in total. The lowest BCUT2D eigenvalue weighted by atomic mass is 10.4. The summed E-state index contributed by atoms with van der Waals surface area (Å²) in [7, 11) is 1.90. The van der Waals surface area contributed by atoms with Crippen molar-refractivity contribution < 1.29 is 4.74 Å². The second-order valence-corrected chi connectivity index (χ2v) is 4.14. The molecule has 2 N–H and O–H groups in total. The van der Waals surface area contributed by atoms with Crippen molar-refractivity contribution in [2.75, 3.05) is 30.8 Å². The second kappa shape index (κ2) is 5.86. The Labute approximate surface area is 101 Å². The topological polar surface area (TPSA) is 64.3 Å². The van der Waals surface area contributed by atoms with Crippen LogP contribution in [0, 0.1) is 0 Å². The molecule has 0 spiro atoms. The van der Waals surface area contributed by atoms with Crippen molar-refractivity contribution in [3.8, 4) is 0 Å². The van der Waals surface area contributed by atoms with Gasteiger partial charge in [0.05, 0.1) is 12.7 Å². The number of nitrogen functional groups attached to an aromatic ring is 1. The first-order valence-electron chi connectivity index (χ1n) is 5.12. The number of anilines is 2. The van der Waals surface area contributed by atoms with E-state index in [1.807, 2.05) is 25.8 Å². The summed E-state index contributed by atoms with van der Waals surface area (Å²) < 4.78 is 5.45. The number of rotatable bonds is 5. The van der Waals surface area contributed by atoms with E-state index in [4.69, 9.17) is 22.1 Å². The molecule has 90 valence electrons. The maximum Gasteiger partial charge on any atom is 0.223 e. The summed E-state index contributed by atoms with van der Waals surface area (Å²) in [6.45, 7) is 5.36. The minimum absolute atomic E-state index is 0.180. The third kappa shape index (κ3) is 4.20. The normalized spacial score (nSPS) is 10.8. The summed E-state index contributed by atoms with van der Waals surface area (Å²) in [6, 6.07) is 1.67. The highest BCUT2D eigenvalue weighted by atomic mass is 35.5. The number of aromatic nitrogens is 2. The van der Waals surface area contributed by atoms with Crippen LogP contribution in [-0.4, -0.2) is 36.3 Å². The third-order valence-electron chi connectivity index (χ3n) is 1.97. The fourth-order valence-corrected chi connectivity index (χ4v) is 1.34. The zero-order valence-corrected chi connectivity index (χ0v) is 10.5. The zero-order chi connectivity index (χ0) is 12.1. The van der Waals surface area contributed by atoms with Gasteiger partial charge in [-0.1, -0.05) is 11.6 Å². The maximum absolute atomic E-state index is 5.79. The molecule has 0 saturated carbocycles. The van der Waals surface area contributed by atoms with Gasteiger partial charge in [-0.2, -0.15) is 4.98 Å². The van der Waals surface area contributed by atoms with E-state index in [9.17, 15) is 0 Å². The van der Waals surface area contributed by atoms with Crippen LogP contribution in [-0.2, 0) is 4.74 Å². The van der Waals surface area contributed by atoms with Gasteiger partial charge in [0.15, 0.2) is 0 Å². The van der Waals surface area contributed by atoms with Crippen molar-refractivity contribution in [3.05, 3.63) is 11.2 Å². The molecule has 0 aliphatic carbocycles. The van der Waals surface area contributed by atoms with E-state index in [0.29, 0.717) is 17.6 Å². The van der Waals surface area contributed by atoms with Crippen LogP contribution in [0.3, 0.4) is 0 Å². The quantitative estimate of drug-likeness (QED) is 0.797. The van der Waals surface area contributed by atoms with Gasteiger partial charge in [0.25, 0.3) is 0 Å². The van der Waals surface area contributed by atoms with E-state index in [1.54, 1.807) is 6.07 Å². The Morgan fingerprint density at radius 2 is 2.19 bits per heavy atom. The fourth-order valence-electron chi connectivity index (χ4n) is 1.16. The number of hydrogen-bond acceptors (Lipinski definition) is 5. The molecule has 16 heavy (non-hydrogen) atoms. The standard InChI is InChI=1S/C10H17ClN4O/c1-7(2)16-5-4-15(3)9-6-8(11)13-10(12)14-9/h6-7H,4-5H2,1-3H3,(H2,12,13,14). The zero-order valence-electron chi connectivity index (χ0n) is 9.77. The van der Waals surface area contributed by atoms with Gasteiger partial charge >= 0.3 is 0 Å². The van der Waals surface area contributed by atoms with Crippen molar-refractivity contribution in [1.29, 1.82) is 0 Å². The van der Waals surface area contributed by atoms with E-state index in [-0.39, 0.29) is 12.1 Å². The molecule has 0 bridgehead atoms. The lowest BCUT2D eigenvalue weighted by Gasteiger charge is -2.19. The summed E-state index contributed by atoms with van der Waals surface area (Å²) in [5, 5.41) is 0.346. The van der Waals surface area contributed by atoms with Gasteiger partial charge in [-0.05, 0) is 13.8 Å². The predicted molar refractivity (Wildman–Crippen MR) is 65.8 cm³/mol. The first-order valence-corrected chi connectivity index (χ1v) is 5.49. The molecule has 0 aliphatic heterocycles. The van der Waals surface area contributed by atoms with E-state index >= 15 is 0 Å². The molecule has 0 radical (unpaired) electrons. The van der Waals surface area contributed by atoms with Gasteiger partial charge in [0.1, 0.15) is 11.0 Å². The van der Waals surface area contributed by atoms with E-state index in [0.717, 1.165) is 6.54 Å². The van der Waals surface area contributed by atoms with Gasteiger partial charge in [-0.15, -0.1) is 0 Å². The Bertz CT molecular complexity index is 325. The second-order valence-electron chi connectivity index (χ2n) is 3.75. The number of ether oxygens (including phenoxy) is 1. The molecular weight excluding hydrogens is 228 g/mol. The largest absolute Gasteiger partial charge is 0.377 e. The summed E-state index contributed by atoms with van der Waals surface area (Å²) >= 11 is 5.79. The fraction of sp³-hybridized carbons (Fsp3) is 0.600. The number of halogens is 1. The molecule has 6 heteroatoms. The van der Waals surface area contributed by atoms with Crippen LogP contribution in [0.2, 0.25) is 5.15 Å². The molecular formula is C10H17ClN4O. The van der Waals surface area contributed by atoms with Crippen LogP contribution in [0.15, 0.2) is 6.07 Å². The number of likely N-dealkylation sites (N-methyl/N-ethyl adjacent to an activating group) is 1. The van der Waals surface area contributed by atoms with Gasteiger partial charge in [-0.3, -0.25) is 0 Å². The van der Waals surface area contributed by atoms with Crippen molar-refractivity contribution in [2.45, 2.75) is 20.0 Å². The van der Waals surface area contributed by atoms with Gasteiger partial charge < -0.3 is 15.4 Å². The average molecular weight is 245 g/mol. The van der Waals surface area contributed by atoms with Crippen molar-refractivity contribution in [3.63, 3.8) is 0 Å². The molecule has 0 aliphatic rings. The Hall–Kier alpha value is -1.07. The summed E-state index contributed by atoms with van der Waals surface area (Å²) in [6.07, 6.45) is 0.229. The van der Waals surface area contributed by atoms with Gasteiger partial charge in [0, 0.05) is 19.7 Å². The molecule has 1 rings (SSSR count). The Morgan fingerprint density at radius 1 is 1.50 bits per heavy atom. The lowest BCUT2D eigenvalue weighted by molar-refractivity contribution is 0.0845. The first-order chi connectivity index (χ1) is 7.49. The summed E-state index contributed by atoms with van der Waals surface area (Å²) in [4.78, 5) is 9.81. The van der Waals surface area contributed by atoms with Crippen molar-refractivity contribution >= 4 is 23.4 Å². The highest BCUT2D eigenvalue weighted by Crippen LogP contribution is 2.15. The molecule has 0 saturated heterocycles. The molecule has 1 aromatic heterocycles. The van der Waals surface area contributed by atoms with Gasteiger partial charge in [0.2, 0.25) is 5.95 Å². The Morgan fingerprint density at radius 3 is 2.75 bits per heavy atom. The molecule has 1 aromatic rings. The summed E-state index contributed by atoms with van der Waals surface area (Å²) in [5.41, 5.74) is 5.51. The van der Waals surface area contributed by atoms with E-state index < -0.39 is 0 Å². The molecule has 0 unspecified atom stereocenters. The van der Waals surface area contributed by atoms with Crippen LogP contribution >= 0.6 is 11.6 Å². The first kappa shape index (κ1) is 13.0. The number of nitrogens with two attached hydrogens (primary N) is 1. The monoisotopic (exact) mass is 244 g/mol. The molecule has 0 atom stereocenters. The van der Waals surface area contributed by atoms with Crippen LogP contribution in [0.25, 0.3) is 0 Å². The van der Waals surface area contributed by atoms with Crippen LogP contribution < -0.4 is 10.6 Å². The molecule has 1 heterocycles. The highest BCUT2D eigenvalue weighted by Gasteiger charge is 2.06. The lowest BCUT2D eigenvalue weighted by Crippen LogP contribution is -2.25. The van der Waals surface area contributed by atoms with Crippen LogP contribution in [0.5, 0.6) is 0 Å². The molecule has 0 fully saturated rings. The maximum atomic E-state index is 5.79. The molecule has 0 amide bonds. The number of hydrogen-bond donors (Lipinski definition) is 1.